The number of nitro benzene ring substituents is 1. The molecule has 2 aromatic carbocycles. The maximum absolute atomic E-state index is 12.2. The van der Waals surface area contributed by atoms with Crippen LogP contribution in [0.4, 0.5) is 5.69 Å². The maximum atomic E-state index is 12.2. The van der Waals surface area contributed by atoms with Crippen LogP contribution in [0.5, 0.6) is 0 Å². The van der Waals surface area contributed by atoms with Crippen LogP contribution in [0.25, 0.3) is 6.08 Å². The van der Waals surface area contributed by atoms with Gasteiger partial charge >= 0.3 is 0 Å². The summed E-state index contributed by atoms with van der Waals surface area (Å²) in [5, 5.41) is 13.4. The van der Waals surface area contributed by atoms with E-state index in [1.54, 1.807) is 4.90 Å². The average molecular weight is 412 g/mol. The van der Waals surface area contributed by atoms with Gasteiger partial charge in [0.1, 0.15) is 0 Å². The van der Waals surface area contributed by atoms with Crippen molar-refractivity contribution in [2.75, 3.05) is 6.54 Å². The summed E-state index contributed by atoms with van der Waals surface area (Å²) >= 11 is 5.31. The number of rotatable bonds is 8. The minimum absolute atomic E-state index is 0.0289. The quantitative estimate of drug-likeness (QED) is 0.297. The molecule has 29 heavy (non-hydrogen) atoms. The van der Waals surface area contributed by atoms with Gasteiger partial charge in [-0.05, 0) is 41.6 Å². The third-order valence-corrected chi connectivity index (χ3v) is 4.25. The van der Waals surface area contributed by atoms with Crippen LogP contribution in [0.15, 0.2) is 60.7 Å². The van der Waals surface area contributed by atoms with Crippen LogP contribution in [0.1, 0.15) is 17.5 Å². The third-order valence-electron chi connectivity index (χ3n) is 3.89. The number of amides is 2. The molecule has 0 atom stereocenters. The summed E-state index contributed by atoms with van der Waals surface area (Å²) in [5.74, 6) is -0.916. The summed E-state index contributed by atoms with van der Waals surface area (Å²) in [5.41, 5.74) is 6.80. The number of non-ortho nitro benzene ring substituents is 1. The maximum Gasteiger partial charge on any atom is 0.269 e. The SMILES string of the molecule is NC(=O)CCN(Cc1ccccc1)C(=S)NC(=O)/C=C/c1ccc([N+](=O)[O-])cc1. The molecular formula is C20H20N4O4S. The number of primary amides is 1. The van der Waals surface area contributed by atoms with E-state index >= 15 is 0 Å². The van der Waals surface area contributed by atoms with E-state index in [4.69, 9.17) is 18.0 Å². The highest BCUT2D eigenvalue weighted by atomic mass is 32.1. The number of nitrogens with zero attached hydrogens (tertiary/aromatic N) is 2. The molecule has 0 saturated heterocycles. The molecule has 2 aromatic rings. The zero-order valence-electron chi connectivity index (χ0n) is 15.5. The number of carbonyl (C=O) groups excluding carboxylic acids is 2. The Morgan fingerprint density at radius 2 is 1.79 bits per heavy atom. The van der Waals surface area contributed by atoms with Crippen LogP contribution in [-0.4, -0.2) is 33.3 Å². The van der Waals surface area contributed by atoms with Crippen molar-refractivity contribution in [3.8, 4) is 0 Å². The Labute approximate surface area is 173 Å². The Balaban J connectivity index is 1.99. The van der Waals surface area contributed by atoms with Gasteiger partial charge in [0.15, 0.2) is 5.11 Å². The lowest BCUT2D eigenvalue weighted by molar-refractivity contribution is -0.384. The number of nitrogens with two attached hydrogens (primary N) is 1. The van der Waals surface area contributed by atoms with Crippen LogP contribution < -0.4 is 11.1 Å². The second-order valence-corrected chi connectivity index (χ2v) is 6.49. The first-order chi connectivity index (χ1) is 13.8. The van der Waals surface area contributed by atoms with Crippen molar-refractivity contribution in [1.82, 2.24) is 10.2 Å². The van der Waals surface area contributed by atoms with Gasteiger partial charge in [0.25, 0.3) is 5.69 Å². The molecule has 0 aromatic heterocycles. The molecule has 0 aliphatic heterocycles. The van der Waals surface area contributed by atoms with Crippen molar-refractivity contribution in [3.63, 3.8) is 0 Å². The minimum atomic E-state index is -0.494. The van der Waals surface area contributed by atoms with E-state index < -0.39 is 16.7 Å². The van der Waals surface area contributed by atoms with Gasteiger partial charge in [-0.1, -0.05) is 30.3 Å². The zero-order valence-corrected chi connectivity index (χ0v) is 16.3. The zero-order chi connectivity index (χ0) is 21.2. The Bertz CT molecular complexity index is 914. The Morgan fingerprint density at radius 1 is 1.14 bits per heavy atom. The second-order valence-electron chi connectivity index (χ2n) is 6.10. The molecule has 0 spiro atoms. The molecule has 0 fully saturated rings. The Hall–Kier alpha value is -3.59. The van der Waals surface area contributed by atoms with Gasteiger partial charge in [-0.15, -0.1) is 0 Å². The van der Waals surface area contributed by atoms with E-state index in [0.29, 0.717) is 12.1 Å². The summed E-state index contributed by atoms with van der Waals surface area (Å²) in [6, 6.07) is 15.3. The van der Waals surface area contributed by atoms with Crippen LogP contribution >= 0.6 is 12.2 Å². The molecule has 0 bridgehead atoms. The smallest absolute Gasteiger partial charge is 0.269 e. The molecule has 0 unspecified atom stereocenters. The molecule has 9 heteroatoms. The van der Waals surface area contributed by atoms with Crippen LogP contribution in [0.2, 0.25) is 0 Å². The number of nitrogens with one attached hydrogen (secondary N) is 1. The lowest BCUT2D eigenvalue weighted by Gasteiger charge is -2.24. The van der Waals surface area contributed by atoms with E-state index in [1.807, 2.05) is 30.3 Å². The largest absolute Gasteiger partial charge is 0.370 e. The molecule has 2 rings (SSSR count). The molecule has 0 aliphatic rings. The van der Waals surface area contributed by atoms with Crippen molar-refractivity contribution >= 4 is 40.9 Å². The van der Waals surface area contributed by atoms with Gasteiger partial charge in [-0.2, -0.15) is 0 Å². The van der Waals surface area contributed by atoms with Gasteiger partial charge in [0, 0.05) is 37.7 Å². The van der Waals surface area contributed by atoms with Crippen LogP contribution in [0.3, 0.4) is 0 Å². The summed E-state index contributed by atoms with van der Waals surface area (Å²) in [6.45, 7) is 0.689. The number of thiocarbonyl (C=S) groups is 1. The minimum Gasteiger partial charge on any atom is -0.370 e. The molecule has 0 aliphatic carbocycles. The number of hydrogen-bond acceptors (Lipinski definition) is 5. The Morgan fingerprint density at radius 3 is 2.38 bits per heavy atom. The first-order valence-electron chi connectivity index (χ1n) is 8.70. The fraction of sp³-hybridized carbons (Fsp3) is 0.150. The summed E-state index contributed by atoms with van der Waals surface area (Å²) < 4.78 is 0. The second kappa shape index (κ2) is 10.7. The predicted octanol–water partition coefficient (Wildman–Crippen LogP) is 2.39. The van der Waals surface area contributed by atoms with Gasteiger partial charge in [0.2, 0.25) is 11.8 Å². The molecule has 2 amide bonds. The topological polar surface area (TPSA) is 119 Å². The summed E-state index contributed by atoms with van der Waals surface area (Å²) in [4.78, 5) is 35.2. The fourth-order valence-electron chi connectivity index (χ4n) is 2.41. The molecule has 150 valence electrons. The van der Waals surface area contributed by atoms with E-state index in [0.717, 1.165) is 5.56 Å². The fourth-order valence-corrected chi connectivity index (χ4v) is 2.66. The van der Waals surface area contributed by atoms with E-state index in [9.17, 15) is 19.7 Å². The highest BCUT2D eigenvalue weighted by Crippen LogP contribution is 2.12. The van der Waals surface area contributed by atoms with Gasteiger partial charge in [-0.25, -0.2) is 0 Å². The summed E-state index contributed by atoms with van der Waals surface area (Å²) in [6.07, 6.45) is 2.90. The van der Waals surface area contributed by atoms with E-state index in [2.05, 4.69) is 5.32 Å². The first kappa shape index (κ1) is 21.7. The number of nitro groups is 1. The van der Waals surface area contributed by atoms with Crippen molar-refractivity contribution in [1.29, 1.82) is 0 Å². The van der Waals surface area contributed by atoms with E-state index in [1.165, 1.54) is 36.4 Å². The number of benzene rings is 2. The van der Waals surface area contributed by atoms with Crippen molar-refractivity contribution in [3.05, 3.63) is 81.9 Å². The van der Waals surface area contributed by atoms with Gasteiger partial charge in [-0.3, -0.25) is 25.0 Å². The van der Waals surface area contributed by atoms with Crippen LogP contribution in [0, 0.1) is 10.1 Å². The van der Waals surface area contributed by atoms with Crippen LogP contribution in [-0.2, 0) is 16.1 Å². The molecule has 0 radical (unpaired) electrons. The average Bonchev–Trinajstić information content (AvgIpc) is 2.70. The molecule has 8 nitrogen and oxygen atoms in total. The predicted molar refractivity (Wildman–Crippen MR) is 114 cm³/mol. The monoisotopic (exact) mass is 412 g/mol. The van der Waals surface area contributed by atoms with Gasteiger partial charge in [0.05, 0.1) is 4.92 Å². The standard InChI is InChI=1S/C20H20N4O4S/c21-18(25)12-13-23(14-16-4-2-1-3-5-16)20(29)22-19(26)11-8-15-6-9-17(10-7-15)24(27)28/h1-11H,12-14H2,(H2,21,25)(H,22,26,29)/b11-8+. The Kier molecular flexibility index (Phi) is 7.99. The van der Waals surface area contributed by atoms with Crippen molar-refractivity contribution in [2.45, 2.75) is 13.0 Å². The first-order valence-corrected chi connectivity index (χ1v) is 9.10. The van der Waals surface area contributed by atoms with Crippen molar-refractivity contribution in [2.24, 2.45) is 5.73 Å². The highest BCUT2D eigenvalue weighted by molar-refractivity contribution is 7.80. The highest BCUT2D eigenvalue weighted by Gasteiger charge is 2.13. The van der Waals surface area contributed by atoms with E-state index in [-0.39, 0.29) is 23.8 Å². The van der Waals surface area contributed by atoms with Gasteiger partial charge < -0.3 is 10.6 Å². The summed E-state index contributed by atoms with van der Waals surface area (Å²) in [7, 11) is 0. The molecule has 3 N–H and O–H groups in total. The normalized spacial score (nSPS) is 10.5. The lowest BCUT2D eigenvalue weighted by Crippen LogP contribution is -2.43. The molecule has 0 heterocycles. The molecule has 0 saturated carbocycles. The number of carbonyl (C=O) groups is 2. The third kappa shape index (κ3) is 7.51. The molecular weight excluding hydrogens is 392 g/mol. The lowest BCUT2D eigenvalue weighted by atomic mass is 10.2. The number of hydrogen-bond donors (Lipinski definition) is 2. The van der Waals surface area contributed by atoms with Crippen molar-refractivity contribution < 1.29 is 14.5 Å².